The lowest BCUT2D eigenvalue weighted by Crippen LogP contribution is -2.56. The molecule has 0 unspecified atom stereocenters. The minimum absolute atomic E-state index is 0.0951. The summed E-state index contributed by atoms with van der Waals surface area (Å²) in [7, 11) is 2.15. The van der Waals surface area contributed by atoms with E-state index in [2.05, 4.69) is 74.0 Å². The van der Waals surface area contributed by atoms with Crippen molar-refractivity contribution >= 4 is 34.3 Å². The molecule has 0 spiro atoms. The number of aromatic nitrogens is 3. The van der Waals surface area contributed by atoms with E-state index < -0.39 is 0 Å². The fraction of sp³-hybridized carbons (Fsp3) is 0.378. The molecule has 2 atom stereocenters. The highest BCUT2D eigenvalue weighted by molar-refractivity contribution is 5.94. The number of benzene rings is 2. The predicted molar refractivity (Wildman–Crippen MR) is 184 cm³/mol. The Kier molecular flexibility index (Phi) is 8.98. The van der Waals surface area contributed by atoms with E-state index in [4.69, 9.17) is 21.3 Å². The summed E-state index contributed by atoms with van der Waals surface area (Å²) < 4.78 is 6.34. The van der Waals surface area contributed by atoms with Crippen LogP contribution in [0, 0.1) is 6.57 Å². The number of nitrogens with zero attached hydrogens (tertiary/aromatic N) is 8. The number of piperazine rings is 1. The minimum atomic E-state index is -0.259. The number of ether oxygens (including phenoxy) is 1. The van der Waals surface area contributed by atoms with Crippen molar-refractivity contribution < 1.29 is 9.53 Å². The third-order valence-electron chi connectivity index (χ3n) is 9.68. The minimum Gasteiger partial charge on any atom is -0.462 e. The van der Waals surface area contributed by atoms with E-state index in [0.717, 1.165) is 48.6 Å². The summed E-state index contributed by atoms with van der Waals surface area (Å²) in [6, 6.07) is 19.2. The molecule has 2 aromatic carbocycles. The van der Waals surface area contributed by atoms with E-state index >= 15 is 0 Å². The smallest absolute Gasteiger partial charge is 0.318 e. The Hall–Kier alpha value is -5.01. The number of fused-ring (bicyclic) bond motifs is 2. The first-order chi connectivity index (χ1) is 23.1. The third-order valence-corrected chi connectivity index (χ3v) is 9.68. The second-order valence-corrected chi connectivity index (χ2v) is 12.6. The Balaban J connectivity index is 1.16. The van der Waals surface area contributed by atoms with Crippen molar-refractivity contribution in [2.24, 2.45) is 0 Å². The van der Waals surface area contributed by atoms with Gasteiger partial charge in [0, 0.05) is 67.3 Å². The molecule has 2 fully saturated rings. The first kappa shape index (κ1) is 30.6. The van der Waals surface area contributed by atoms with Crippen molar-refractivity contribution in [1.29, 1.82) is 0 Å². The van der Waals surface area contributed by atoms with Gasteiger partial charge in [-0.3, -0.25) is 9.78 Å². The molecule has 5 heterocycles. The molecule has 2 saturated heterocycles. The summed E-state index contributed by atoms with van der Waals surface area (Å²) in [4.78, 5) is 40.0. The van der Waals surface area contributed by atoms with Gasteiger partial charge in [0.1, 0.15) is 18.5 Å². The van der Waals surface area contributed by atoms with Crippen LogP contribution in [0.15, 0.2) is 73.1 Å². The normalized spacial score (nSPS) is 20.0. The Morgan fingerprint density at radius 3 is 2.74 bits per heavy atom. The van der Waals surface area contributed by atoms with Gasteiger partial charge in [-0.1, -0.05) is 42.5 Å². The van der Waals surface area contributed by atoms with E-state index in [1.165, 1.54) is 22.9 Å². The van der Waals surface area contributed by atoms with E-state index in [-0.39, 0.29) is 18.5 Å². The van der Waals surface area contributed by atoms with Crippen LogP contribution in [-0.4, -0.2) is 95.7 Å². The second kappa shape index (κ2) is 13.8. The molecule has 0 saturated carbocycles. The summed E-state index contributed by atoms with van der Waals surface area (Å²) in [6.07, 6.45) is 9.87. The zero-order chi connectivity index (χ0) is 32.2. The number of amides is 1. The Morgan fingerprint density at radius 2 is 1.91 bits per heavy atom. The number of rotatable bonds is 8. The summed E-state index contributed by atoms with van der Waals surface area (Å²) in [5, 5.41) is 2.45. The summed E-state index contributed by atoms with van der Waals surface area (Å²) in [5.41, 5.74) is 4.17. The van der Waals surface area contributed by atoms with Gasteiger partial charge in [0.2, 0.25) is 12.5 Å². The van der Waals surface area contributed by atoms with Gasteiger partial charge < -0.3 is 29.2 Å². The van der Waals surface area contributed by atoms with Gasteiger partial charge in [-0.2, -0.15) is 9.97 Å². The maximum atomic E-state index is 13.3. The zero-order valence-electron chi connectivity index (χ0n) is 26.8. The lowest BCUT2D eigenvalue weighted by atomic mass is 10.0. The largest absolute Gasteiger partial charge is 0.462 e. The molecule has 47 heavy (non-hydrogen) atoms. The summed E-state index contributed by atoms with van der Waals surface area (Å²) in [5.74, 6) is 0.776. The number of likely N-dealkylation sites (N-methyl/N-ethyl adjacent to an activating group) is 1. The molecule has 1 amide bonds. The SMILES string of the molecule is [C-]#[N+]C[C@H]1CN(c2nc(OC[C@@H]3CCCN3C)nc3c2CCN(c2cccc4ccccc24)C3)CCN1C(=O)/C=C/c1cccnc1. The van der Waals surface area contributed by atoms with Crippen LogP contribution < -0.4 is 14.5 Å². The Morgan fingerprint density at radius 1 is 1.02 bits per heavy atom. The Labute approximate surface area is 276 Å². The molecule has 3 aliphatic rings. The van der Waals surface area contributed by atoms with Crippen LogP contribution in [0.4, 0.5) is 11.5 Å². The number of likely N-dealkylation sites (tertiary alicyclic amines) is 1. The number of pyridine rings is 1. The molecule has 0 N–H and O–H groups in total. The molecular weight excluding hydrogens is 588 g/mol. The van der Waals surface area contributed by atoms with Crippen molar-refractivity contribution in [3.05, 3.63) is 101 Å². The Bertz CT molecular complexity index is 1800. The number of carbonyl (C=O) groups is 1. The van der Waals surface area contributed by atoms with Gasteiger partial charge in [0.25, 0.3) is 0 Å². The van der Waals surface area contributed by atoms with Crippen molar-refractivity contribution in [3.63, 3.8) is 0 Å². The van der Waals surface area contributed by atoms with Crippen LogP contribution in [-0.2, 0) is 17.8 Å². The molecule has 7 rings (SSSR count). The van der Waals surface area contributed by atoms with Crippen molar-refractivity contribution in [3.8, 4) is 6.01 Å². The van der Waals surface area contributed by atoms with Crippen LogP contribution in [0.1, 0.15) is 29.7 Å². The predicted octanol–water partition coefficient (Wildman–Crippen LogP) is 4.71. The molecule has 0 radical (unpaired) electrons. The van der Waals surface area contributed by atoms with E-state index in [9.17, 15) is 4.79 Å². The van der Waals surface area contributed by atoms with E-state index in [1.807, 2.05) is 17.0 Å². The maximum absolute atomic E-state index is 13.3. The lowest BCUT2D eigenvalue weighted by molar-refractivity contribution is -0.128. The highest BCUT2D eigenvalue weighted by Crippen LogP contribution is 2.35. The average molecular weight is 629 g/mol. The first-order valence-electron chi connectivity index (χ1n) is 16.5. The highest BCUT2D eigenvalue weighted by Gasteiger charge is 2.35. The summed E-state index contributed by atoms with van der Waals surface area (Å²) in [6.45, 7) is 12.6. The van der Waals surface area contributed by atoms with Gasteiger partial charge in [-0.25, -0.2) is 6.57 Å². The second-order valence-electron chi connectivity index (χ2n) is 12.6. The zero-order valence-corrected chi connectivity index (χ0v) is 26.8. The van der Waals surface area contributed by atoms with Gasteiger partial charge in [0.05, 0.1) is 12.2 Å². The number of anilines is 2. The molecule has 10 nitrogen and oxygen atoms in total. The number of hydrogen-bond acceptors (Lipinski definition) is 8. The van der Waals surface area contributed by atoms with E-state index in [1.54, 1.807) is 24.5 Å². The molecule has 3 aliphatic heterocycles. The van der Waals surface area contributed by atoms with Gasteiger partial charge >= 0.3 is 6.01 Å². The topological polar surface area (TPSA) is 82.3 Å². The molecular formula is C37H40N8O2. The van der Waals surface area contributed by atoms with Crippen LogP contribution >= 0.6 is 0 Å². The standard InChI is InChI=1S/C37H40N8O2/c1-38-23-30-24-44(20-21-45(30)35(46)15-14-27-8-6-17-39-22-27)36-32-16-19-43(34-13-5-10-28-9-3-4-12-31(28)34)25-33(32)40-37(41-36)47-26-29-11-7-18-42(29)2/h3-6,8-10,12-15,17,22,29-30H,7,11,16,18-21,23-26H2,2H3/b15-14+/t29-,30-/m0/s1. The van der Waals surface area contributed by atoms with Gasteiger partial charge in [0.15, 0.2) is 0 Å². The van der Waals surface area contributed by atoms with E-state index in [0.29, 0.717) is 44.8 Å². The fourth-order valence-electron chi connectivity index (χ4n) is 7.10. The van der Waals surface area contributed by atoms with Crippen molar-refractivity contribution in [1.82, 2.24) is 24.8 Å². The quantitative estimate of drug-likeness (QED) is 0.205. The van der Waals surface area contributed by atoms with Gasteiger partial charge in [-0.05, 0) is 62.0 Å². The number of hydrogen-bond donors (Lipinski definition) is 0. The summed E-state index contributed by atoms with van der Waals surface area (Å²) >= 11 is 0. The average Bonchev–Trinajstić information content (AvgIpc) is 3.53. The monoisotopic (exact) mass is 628 g/mol. The van der Waals surface area contributed by atoms with Crippen LogP contribution in [0.3, 0.4) is 0 Å². The number of carbonyl (C=O) groups excluding carboxylic acids is 1. The van der Waals surface area contributed by atoms with Crippen LogP contribution in [0.25, 0.3) is 21.7 Å². The van der Waals surface area contributed by atoms with Crippen LogP contribution in [0.2, 0.25) is 0 Å². The molecule has 10 heteroatoms. The fourth-order valence-corrected chi connectivity index (χ4v) is 7.10. The molecule has 0 bridgehead atoms. The molecule has 0 aliphatic carbocycles. The highest BCUT2D eigenvalue weighted by atomic mass is 16.5. The van der Waals surface area contributed by atoms with Crippen molar-refractivity contribution in [2.75, 3.05) is 62.7 Å². The molecule has 240 valence electrons. The first-order valence-corrected chi connectivity index (χ1v) is 16.5. The third kappa shape index (κ3) is 6.62. The maximum Gasteiger partial charge on any atom is 0.318 e. The lowest BCUT2D eigenvalue weighted by Gasteiger charge is -2.41. The van der Waals surface area contributed by atoms with Crippen LogP contribution in [0.5, 0.6) is 6.01 Å². The molecule has 2 aromatic heterocycles. The van der Waals surface area contributed by atoms with Crippen molar-refractivity contribution in [2.45, 2.75) is 37.9 Å². The van der Waals surface area contributed by atoms with Gasteiger partial charge in [-0.15, -0.1) is 0 Å². The molecule has 4 aromatic rings.